The van der Waals surface area contributed by atoms with Gasteiger partial charge >= 0.3 is 0 Å². The Hall–Kier alpha value is -2.28. The van der Waals surface area contributed by atoms with E-state index in [1.54, 1.807) is 6.26 Å². The van der Waals surface area contributed by atoms with E-state index in [2.05, 4.69) is 24.1 Å². The smallest absolute Gasteiger partial charge is 0.271 e. The number of fused-ring (bicyclic) bond motifs is 3. The minimum atomic E-state index is -0.928. The fourth-order valence-corrected chi connectivity index (χ4v) is 6.62. The average Bonchev–Trinajstić information content (AvgIpc) is 3.45. The second kappa shape index (κ2) is 10.00. The third-order valence-corrected chi connectivity index (χ3v) is 8.94. The molecule has 1 aliphatic carbocycles. The number of aromatic nitrogens is 1. The van der Waals surface area contributed by atoms with Gasteiger partial charge in [0, 0.05) is 37.3 Å². The number of nitrogens with zero attached hydrogens (tertiary/aromatic N) is 3. The van der Waals surface area contributed by atoms with Gasteiger partial charge in [-0.1, -0.05) is 20.3 Å². The lowest BCUT2D eigenvalue weighted by molar-refractivity contribution is -0.133. The molecule has 2 aromatic rings. The number of hydrogen-bond acceptors (Lipinski definition) is 4. The van der Waals surface area contributed by atoms with Crippen molar-refractivity contribution >= 4 is 22.9 Å². The van der Waals surface area contributed by atoms with Crippen molar-refractivity contribution in [1.82, 2.24) is 19.7 Å². The minimum Gasteiger partial charge on any atom is -0.463 e. The molecule has 2 fully saturated rings. The van der Waals surface area contributed by atoms with Crippen molar-refractivity contribution in [3.8, 4) is 0 Å². The van der Waals surface area contributed by atoms with Crippen LogP contribution in [0.2, 0.25) is 0 Å². The Morgan fingerprint density at radius 3 is 2.74 bits per heavy atom. The van der Waals surface area contributed by atoms with Crippen molar-refractivity contribution in [1.29, 1.82) is 0 Å². The van der Waals surface area contributed by atoms with Gasteiger partial charge in [0.15, 0.2) is 5.58 Å². The van der Waals surface area contributed by atoms with E-state index in [0.29, 0.717) is 30.4 Å². The lowest BCUT2D eigenvalue weighted by atomic mass is 9.86. The summed E-state index contributed by atoms with van der Waals surface area (Å²) in [7, 11) is 0. The average molecular weight is 483 g/mol. The highest BCUT2D eigenvalue weighted by atomic mass is 16.3. The predicted octanol–water partition coefficient (Wildman–Crippen LogP) is 4.80. The maximum atomic E-state index is 13.8. The summed E-state index contributed by atoms with van der Waals surface area (Å²) in [6.07, 6.45) is 11.9. The normalized spacial score (nSPS) is 30.0. The van der Waals surface area contributed by atoms with Gasteiger partial charge in [0.25, 0.3) is 5.91 Å². The first kappa shape index (κ1) is 24.4. The highest BCUT2D eigenvalue weighted by Gasteiger charge is 2.48. The number of rotatable bonds is 7. The molecular weight excluding hydrogens is 440 g/mol. The maximum Gasteiger partial charge on any atom is 0.271 e. The second-order valence-electron chi connectivity index (χ2n) is 11.4. The van der Waals surface area contributed by atoms with Crippen LogP contribution in [-0.4, -0.2) is 63.4 Å². The number of furan rings is 1. The molecule has 7 nitrogen and oxygen atoms in total. The van der Waals surface area contributed by atoms with Crippen LogP contribution in [0.1, 0.15) is 89.0 Å². The number of carbonyl (C=O) groups excluding carboxylic acids is 2. The molecule has 3 aliphatic rings. The van der Waals surface area contributed by atoms with Crippen LogP contribution in [0.25, 0.3) is 11.1 Å². The molecule has 0 aromatic carbocycles. The molecule has 7 heteroatoms. The molecule has 4 heterocycles. The number of amides is 2. The van der Waals surface area contributed by atoms with Crippen molar-refractivity contribution in [3.63, 3.8) is 0 Å². The largest absolute Gasteiger partial charge is 0.463 e. The van der Waals surface area contributed by atoms with E-state index in [1.807, 2.05) is 28.5 Å². The van der Waals surface area contributed by atoms with E-state index in [9.17, 15) is 9.59 Å². The summed E-state index contributed by atoms with van der Waals surface area (Å²) in [4.78, 5) is 32.1. The molecule has 0 radical (unpaired) electrons. The third-order valence-electron chi connectivity index (χ3n) is 8.94. The zero-order valence-corrected chi connectivity index (χ0v) is 21.7. The molecule has 5 rings (SSSR count). The molecule has 2 atom stereocenters. The lowest BCUT2D eigenvalue weighted by Crippen LogP contribution is -2.65. The third kappa shape index (κ3) is 4.64. The molecule has 0 unspecified atom stereocenters. The van der Waals surface area contributed by atoms with Gasteiger partial charge < -0.3 is 24.1 Å². The van der Waals surface area contributed by atoms with E-state index in [0.717, 1.165) is 56.6 Å². The highest BCUT2D eigenvalue weighted by molar-refractivity contribution is 6.02. The predicted molar refractivity (Wildman–Crippen MR) is 137 cm³/mol. The molecule has 1 N–H and O–H groups in total. The molecule has 0 bridgehead atoms. The number of piperidine rings is 1. The van der Waals surface area contributed by atoms with Crippen LogP contribution < -0.4 is 5.32 Å². The van der Waals surface area contributed by atoms with Gasteiger partial charge in [-0.05, 0) is 70.8 Å². The monoisotopic (exact) mass is 482 g/mol. The zero-order valence-electron chi connectivity index (χ0n) is 21.7. The Balaban J connectivity index is 1.36. The summed E-state index contributed by atoms with van der Waals surface area (Å²) < 4.78 is 7.58. The number of hydrogen-bond donors (Lipinski definition) is 1. The van der Waals surface area contributed by atoms with Crippen molar-refractivity contribution in [2.45, 2.75) is 103 Å². The van der Waals surface area contributed by atoms with E-state index >= 15 is 0 Å². The van der Waals surface area contributed by atoms with Crippen molar-refractivity contribution in [3.05, 3.63) is 24.1 Å². The summed E-state index contributed by atoms with van der Waals surface area (Å²) in [5.74, 6) is 0.638. The van der Waals surface area contributed by atoms with Crippen molar-refractivity contribution in [2.24, 2.45) is 5.92 Å². The number of nitrogens with one attached hydrogen (secondary N) is 1. The SMILES string of the molecule is CC[C@H]1CCCCN1CCCN1C(=O)c2cc3occc3n2C[C@@]1(C)C(=O)NC1CCC(C)CC1. The number of likely N-dealkylation sites (tertiary alicyclic amines) is 1. The topological polar surface area (TPSA) is 70.7 Å². The zero-order chi connectivity index (χ0) is 24.6. The van der Waals surface area contributed by atoms with Crippen molar-refractivity contribution < 1.29 is 14.0 Å². The Morgan fingerprint density at radius 2 is 1.97 bits per heavy atom. The molecule has 2 aromatic heterocycles. The molecule has 1 saturated heterocycles. The first-order valence-corrected chi connectivity index (χ1v) is 13.8. The standard InChI is InChI=1S/C28H42N4O3/c1-4-22-8-5-6-14-30(22)15-7-16-32-26(33)24-18-25-23(13-17-35-25)31(24)19-28(32,3)27(34)29-21-11-9-20(2)10-12-21/h13,17-18,20-22H,4-12,14-16,19H2,1-3H3,(H,29,34)/t20?,21?,22-,28-/m0/s1. The first-order chi connectivity index (χ1) is 16.9. The Morgan fingerprint density at radius 1 is 1.17 bits per heavy atom. The molecule has 2 aliphatic heterocycles. The Labute approximate surface area is 209 Å². The van der Waals surface area contributed by atoms with Crippen LogP contribution in [-0.2, 0) is 11.3 Å². The van der Waals surface area contributed by atoms with Gasteiger partial charge in [0.2, 0.25) is 5.91 Å². The van der Waals surface area contributed by atoms with Gasteiger partial charge in [0.1, 0.15) is 11.2 Å². The lowest BCUT2D eigenvalue weighted by Gasteiger charge is -2.45. The second-order valence-corrected chi connectivity index (χ2v) is 11.4. The summed E-state index contributed by atoms with van der Waals surface area (Å²) >= 11 is 0. The van der Waals surface area contributed by atoms with E-state index < -0.39 is 5.54 Å². The van der Waals surface area contributed by atoms with Gasteiger partial charge in [-0.25, -0.2) is 0 Å². The van der Waals surface area contributed by atoms with Crippen LogP contribution in [0.4, 0.5) is 0 Å². The van der Waals surface area contributed by atoms with Crippen molar-refractivity contribution in [2.75, 3.05) is 19.6 Å². The Kier molecular flexibility index (Phi) is 6.97. The summed E-state index contributed by atoms with van der Waals surface area (Å²) in [6, 6.07) is 4.58. The quantitative estimate of drug-likeness (QED) is 0.616. The molecule has 0 spiro atoms. The minimum absolute atomic E-state index is 0.0224. The van der Waals surface area contributed by atoms with Crippen LogP contribution in [0.3, 0.4) is 0 Å². The van der Waals surface area contributed by atoms with Crippen LogP contribution in [0, 0.1) is 5.92 Å². The molecule has 192 valence electrons. The van der Waals surface area contributed by atoms with Gasteiger partial charge in [-0.2, -0.15) is 0 Å². The molecule has 1 saturated carbocycles. The van der Waals surface area contributed by atoms with Gasteiger partial charge in [0.05, 0.1) is 18.3 Å². The fourth-order valence-electron chi connectivity index (χ4n) is 6.62. The van der Waals surface area contributed by atoms with Crippen LogP contribution in [0.15, 0.2) is 22.8 Å². The first-order valence-electron chi connectivity index (χ1n) is 13.8. The maximum absolute atomic E-state index is 13.8. The van der Waals surface area contributed by atoms with Crippen LogP contribution >= 0.6 is 0 Å². The highest BCUT2D eigenvalue weighted by Crippen LogP contribution is 2.34. The summed E-state index contributed by atoms with van der Waals surface area (Å²) in [5, 5.41) is 3.34. The van der Waals surface area contributed by atoms with Crippen LogP contribution in [0.5, 0.6) is 0 Å². The summed E-state index contributed by atoms with van der Waals surface area (Å²) in [5.41, 5.74) is 1.29. The van der Waals surface area contributed by atoms with E-state index in [1.165, 1.54) is 25.7 Å². The fraction of sp³-hybridized carbons (Fsp3) is 0.714. The van der Waals surface area contributed by atoms with E-state index in [-0.39, 0.29) is 17.9 Å². The van der Waals surface area contributed by atoms with Gasteiger partial charge in [-0.3, -0.25) is 9.59 Å². The molecule has 2 amide bonds. The molecule has 35 heavy (non-hydrogen) atoms. The van der Waals surface area contributed by atoms with Gasteiger partial charge in [-0.15, -0.1) is 0 Å². The van der Waals surface area contributed by atoms with E-state index in [4.69, 9.17) is 4.42 Å². The Bertz CT molecular complexity index is 1050. The summed E-state index contributed by atoms with van der Waals surface area (Å²) in [6.45, 7) is 9.67. The molecular formula is C28H42N4O3. The number of carbonyl (C=O) groups is 2.